The van der Waals surface area contributed by atoms with E-state index < -0.39 is 0 Å². The Morgan fingerprint density at radius 1 is 0.929 bits per heavy atom. The first-order valence-corrected chi connectivity index (χ1v) is 4.68. The summed E-state index contributed by atoms with van der Waals surface area (Å²) in [5, 5.41) is 0. The maximum atomic E-state index is 4.91. The smallest absolute Gasteiger partial charge is 0.118 e. The van der Waals surface area contributed by atoms with Gasteiger partial charge in [-0.05, 0) is 26.0 Å². The molecule has 0 atom stereocenters. The van der Waals surface area contributed by atoms with E-state index in [1.807, 2.05) is 44.2 Å². The minimum absolute atomic E-state index is 0.633. The van der Waals surface area contributed by atoms with Crippen molar-refractivity contribution < 1.29 is 14.5 Å². The van der Waals surface area contributed by atoms with Gasteiger partial charge in [0, 0.05) is 0 Å². The van der Waals surface area contributed by atoms with Crippen molar-refractivity contribution >= 4 is 0 Å². The van der Waals surface area contributed by atoms with Gasteiger partial charge in [-0.2, -0.15) is 0 Å². The number of rotatable bonds is 4. The summed E-state index contributed by atoms with van der Waals surface area (Å²) < 4.78 is 4.91. The zero-order valence-electron chi connectivity index (χ0n) is 9.03. The summed E-state index contributed by atoms with van der Waals surface area (Å²) in [7, 11) is 1.66. The van der Waals surface area contributed by atoms with Crippen LogP contribution in [0.25, 0.3) is 0 Å². The zero-order valence-corrected chi connectivity index (χ0v) is 9.03. The van der Waals surface area contributed by atoms with E-state index in [0.29, 0.717) is 13.2 Å². The third kappa shape index (κ3) is 7.58. The number of methoxy groups -OCH3 is 1. The van der Waals surface area contributed by atoms with Crippen LogP contribution in [0.4, 0.5) is 0 Å². The van der Waals surface area contributed by atoms with Crippen LogP contribution in [0.5, 0.6) is 5.75 Å². The molecule has 0 bridgehead atoms. The van der Waals surface area contributed by atoms with Crippen LogP contribution in [-0.4, -0.2) is 20.3 Å². The number of ether oxygens (including phenoxy) is 1. The number of hydrogen-bond acceptors (Lipinski definition) is 3. The first kappa shape index (κ1) is 12.9. The van der Waals surface area contributed by atoms with E-state index in [4.69, 9.17) is 4.74 Å². The van der Waals surface area contributed by atoms with Crippen LogP contribution in [0.1, 0.15) is 13.8 Å². The molecule has 3 nitrogen and oxygen atoms in total. The van der Waals surface area contributed by atoms with E-state index in [2.05, 4.69) is 9.78 Å². The predicted molar refractivity (Wildman–Crippen MR) is 56.2 cm³/mol. The van der Waals surface area contributed by atoms with E-state index in [0.717, 1.165) is 5.75 Å². The molecule has 0 saturated carbocycles. The summed E-state index contributed by atoms with van der Waals surface area (Å²) in [6.45, 7) is 5.03. The lowest BCUT2D eigenvalue weighted by molar-refractivity contribution is -0.287. The molecule has 0 spiro atoms. The molecule has 1 aromatic rings. The Balaban J connectivity index is 0.000000255. The Labute approximate surface area is 85.5 Å². The molecule has 0 saturated heterocycles. The van der Waals surface area contributed by atoms with Gasteiger partial charge in [-0.15, -0.1) is 0 Å². The molecule has 0 fully saturated rings. The van der Waals surface area contributed by atoms with Gasteiger partial charge in [0.05, 0.1) is 20.3 Å². The van der Waals surface area contributed by atoms with Crippen molar-refractivity contribution in [2.45, 2.75) is 13.8 Å². The first-order chi connectivity index (χ1) is 6.85. The predicted octanol–water partition coefficient (Wildman–Crippen LogP) is 2.67. The van der Waals surface area contributed by atoms with Crippen molar-refractivity contribution in [1.82, 2.24) is 0 Å². The molecule has 14 heavy (non-hydrogen) atoms. The number of hydrogen-bond donors (Lipinski definition) is 0. The summed E-state index contributed by atoms with van der Waals surface area (Å²) in [6.07, 6.45) is 0. The van der Waals surface area contributed by atoms with Crippen LogP contribution in [-0.2, 0) is 9.78 Å². The molecule has 1 rings (SSSR count). The fourth-order valence-corrected chi connectivity index (χ4v) is 0.723. The average Bonchev–Trinajstić information content (AvgIpc) is 2.28. The molecule has 3 heteroatoms. The van der Waals surface area contributed by atoms with E-state index >= 15 is 0 Å². The van der Waals surface area contributed by atoms with Crippen LogP contribution >= 0.6 is 0 Å². The van der Waals surface area contributed by atoms with Gasteiger partial charge < -0.3 is 4.74 Å². The highest BCUT2D eigenvalue weighted by atomic mass is 17.2. The molecule has 0 unspecified atom stereocenters. The molecule has 80 valence electrons. The van der Waals surface area contributed by atoms with Gasteiger partial charge in [0.2, 0.25) is 0 Å². The van der Waals surface area contributed by atoms with E-state index in [-0.39, 0.29) is 0 Å². The van der Waals surface area contributed by atoms with Crippen LogP contribution in [0, 0.1) is 0 Å². The molecular weight excluding hydrogens is 180 g/mol. The molecule has 0 radical (unpaired) electrons. The second-order valence-corrected chi connectivity index (χ2v) is 2.33. The minimum Gasteiger partial charge on any atom is -0.497 e. The summed E-state index contributed by atoms with van der Waals surface area (Å²) in [5.74, 6) is 0.910. The van der Waals surface area contributed by atoms with E-state index in [9.17, 15) is 0 Å². The van der Waals surface area contributed by atoms with Crippen molar-refractivity contribution in [2.75, 3.05) is 20.3 Å². The van der Waals surface area contributed by atoms with Crippen LogP contribution in [0.15, 0.2) is 30.3 Å². The molecule has 0 aromatic heterocycles. The van der Waals surface area contributed by atoms with Gasteiger partial charge >= 0.3 is 0 Å². The van der Waals surface area contributed by atoms with Gasteiger partial charge in [-0.3, -0.25) is 0 Å². The molecular formula is C11H18O3. The largest absolute Gasteiger partial charge is 0.497 e. The Hall–Kier alpha value is -1.06. The van der Waals surface area contributed by atoms with Crippen LogP contribution < -0.4 is 4.74 Å². The van der Waals surface area contributed by atoms with Crippen LogP contribution in [0.2, 0.25) is 0 Å². The van der Waals surface area contributed by atoms with Gasteiger partial charge in [-0.25, -0.2) is 9.78 Å². The van der Waals surface area contributed by atoms with Crippen molar-refractivity contribution in [3.05, 3.63) is 30.3 Å². The highest BCUT2D eigenvalue weighted by molar-refractivity contribution is 5.20. The van der Waals surface area contributed by atoms with Gasteiger partial charge in [-0.1, -0.05) is 18.2 Å². The van der Waals surface area contributed by atoms with Crippen molar-refractivity contribution in [2.24, 2.45) is 0 Å². The highest BCUT2D eigenvalue weighted by Crippen LogP contribution is 2.05. The fourth-order valence-electron chi connectivity index (χ4n) is 0.723. The topological polar surface area (TPSA) is 27.7 Å². The molecule has 0 aliphatic rings. The number of para-hydroxylation sites is 1. The summed E-state index contributed by atoms with van der Waals surface area (Å²) in [5.41, 5.74) is 0. The summed E-state index contributed by atoms with van der Waals surface area (Å²) in [4.78, 5) is 8.97. The number of benzene rings is 1. The zero-order chi connectivity index (χ0) is 10.6. The Bertz CT molecular complexity index is 195. The van der Waals surface area contributed by atoms with E-state index in [1.54, 1.807) is 7.11 Å². The quantitative estimate of drug-likeness (QED) is 0.423. The Morgan fingerprint density at radius 2 is 1.43 bits per heavy atom. The average molecular weight is 198 g/mol. The molecule has 1 aromatic carbocycles. The first-order valence-electron chi connectivity index (χ1n) is 4.68. The molecule has 0 N–H and O–H groups in total. The van der Waals surface area contributed by atoms with Gasteiger partial charge in [0.1, 0.15) is 5.75 Å². The van der Waals surface area contributed by atoms with Gasteiger partial charge in [0.15, 0.2) is 0 Å². The third-order valence-corrected chi connectivity index (χ3v) is 1.30. The lowest BCUT2D eigenvalue weighted by atomic mass is 10.3. The summed E-state index contributed by atoms with van der Waals surface area (Å²) >= 11 is 0. The van der Waals surface area contributed by atoms with Crippen molar-refractivity contribution in [3.63, 3.8) is 0 Å². The van der Waals surface area contributed by atoms with Crippen molar-refractivity contribution in [1.29, 1.82) is 0 Å². The maximum Gasteiger partial charge on any atom is 0.118 e. The standard InChI is InChI=1S/C7H8O.C4H10O2/c1-8-7-5-3-2-4-6-7;1-3-5-6-4-2/h2-6H,1H3;3-4H2,1-2H3. The molecule has 0 heterocycles. The van der Waals surface area contributed by atoms with Crippen molar-refractivity contribution in [3.8, 4) is 5.75 Å². The van der Waals surface area contributed by atoms with Gasteiger partial charge in [0.25, 0.3) is 0 Å². The second-order valence-electron chi connectivity index (χ2n) is 2.33. The van der Waals surface area contributed by atoms with Crippen LogP contribution in [0.3, 0.4) is 0 Å². The molecule has 0 amide bonds. The fraction of sp³-hybridized carbons (Fsp3) is 0.455. The Morgan fingerprint density at radius 3 is 1.71 bits per heavy atom. The molecule has 0 aliphatic heterocycles. The maximum absolute atomic E-state index is 4.91. The monoisotopic (exact) mass is 198 g/mol. The minimum atomic E-state index is 0.633. The normalized spacial score (nSPS) is 8.79. The second kappa shape index (κ2) is 10.0. The van der Waals surface area contributed by atoms with E-state index in [1.165, 1.54) is 0 Å². The SMILES string of the molecule is CCOOCC.COc1ccccc1. The summed E-state index contributed by atoms with van der Waals surface area (Å²) in [6, 6.07) is 9.68. The lowest BCUT2D eigenvalue weighted by Crippen LogP contribution is -1.90. The highest BCUT2D eigenvalue weighted by Gasteiger charge is 1.80. The Kier molecular flexibility index (Phi) is 9.26. The lowest BCUT2D eigenvalue weighted by Gasteiger charge is -1.93. The third-order valence-electron chi connectivity index (χ3n) is 1.30. The molecule has 0 aliphatic carbocycles.